The van der Waals surface area contributed by atoms with E-state index in [1.54, 1.807) is 0 Å². The Kier molecular flexibility index (Phi) is 2.44. The Labute approximate surface area is 100.0 Å². The minimum atomic E-state index is -0.200. The van der Waals surface area contributed by atoms with Crippen LogP contribution in [-0.4, -0.2) is 24.0 Å². The van der Waals surface area contributed by atoms with Crippen LogP contribution in [0.3, 0.4) is 0 Å². The summed E-state index contributed by atoms with van der Waals surface area (Å²) in [7, 11) is 0. The molecule has 0 bridgehead atoms. The van der Waals surface area contributed by atoms with Gasteiger partial charge in [-0.3, -0.25) is 0 Å². The Morgan fingerprint density at radius 1 is 1.24 bits per heavy atom. The molecule has 0 aliphatic carbocycles. The molecule has 3 heteroatoms. The topological polar surface area (TPSA) is 29.5 Å². The van der Waals surface area contributed by atoms with Gasteiger partial charge in [-0.05, 0) is 11.6 Å². The summed E-state index contributed by atoms with van der Waals surface area (Å²) in [4.78, 5) is 13.6. The molecule has 0 aromatic heterocycles. The Hall–Kier alpha value is -2.03. The van der Waals surface area contributed by atoms with E-state index < -0.39 is 0 Å². The molecular weight excluding hydrogens is 214 g/mol. The molecule has 0 amide bonds. The van der Waals surface area contributed by atoms with Crippen molar-refractivity contribution in [2.45, 2.75) is 6.54 Å². The first-order valence-corrected chi connectivity index (χ1v) is 5.70. The molecule has 1 aromatic rings. The summed E-state index contributed by atoms with van der Waals surface area (Å²) < 4.78 is 5.06. The first-order chi connectivity index (χ1) is 8.34. The van der Waals surface area contributed by atoms with Crippen molar-refractivity contribution in [3.63, 3.8) is 0 Å². The SMILES string of the molecule is O=C1OCC2=C1C=CCN2Cc1ccccc1. The van der Waals surface area contributed by atoms with Crippen LogP contribution in [-0.2, 0) is 16.1 Å². The highest BCUT2D eigenvalue weighted by molar-refractivity contribution is 5.94. The number of ether oxygens (including phenoxy) is 1. The monoisotopic (exact) mass is 227 g/mol. The maximum atomic E-state index is 11.4. The molecule has 0 radical (unpaired) electrons. The van der Waals surface area contributed by atoms with E-state index in [2.05, 4.69) is 17.0 Å². The molecule has 0 atom stereocenters. The average molecular weight is 227 g/mol. The number of rotatable bonds is 2. The highest BCUT2D eigenvalue weighted by Gasteiger charge is 2.28. The smallest absolute Gasteiger partial charge is 0.340 e. The van der Waals surface area contributed by atoms with Gasteiger partial charge in [-0.15, -0.1) is 0 Å². The number of nitrogens with zero attached hydrogens (tertiary/aromatic N) is 1. The molecule has 0 unspecified atom stereocenters. The van der Waals surface area contributed by atoms with Crippen molar-refractivity contribution >= 4 is 5.97 Å². The zero-order chi connectivity index (χ0) is 11.7. The van der Waals surface area contributed by atoms with Gasteiger partial charge in [-0.2, -0.15) is 0 Å². The lowest BCUT2D eigenvalue weighted by atomic mass is 10.1. The van der Waals surface area contributed by atoms with Gasteiger partial charge in [-0.1, -0.05) is 36.4 Å². The van der Waals surface area contributed by atoms with E-state index in [4.69, 9.17) is 4.74 Å². The fourth-order valence-corrected chi connectivity index (χ4v) is 2.20. The van der Waals surface area contributed by atoms with Crippen molar-refractivity contribution in [3.8, 4) is 0 Å². The van der Waals surface area contributed by atoms with Gasteiger partial charge in [0.25, 0.3) is 0 Å². The number of carbonyl (C=O) groups is 1. The van der Waals surface area contributed by atoms with E-state index in [0.717, 1.165) is 18.8 Å². The van der Waals surface area contributed by atoms with E-state index in [1.807, 2.05) is 30.4 Å². The maximum absolute atomic E-state index is 11.4. The van der Waals surface area contributed by atoms with Crippen LogP contribution in [0, 0.1) is 0 Å². The van der Waals surface area contributed by atoms with Crippen molar-refractivity contribution in [1.82, 2.24) is 4.90 Å². The fourth-order valence-electron chi connectivity index (χ4n) is 2.20. The lowest BCUT2D eigenvalue weighted by molar-refractivity contribution is -0.135. The third-order valence-corrected chi connectivity index (χ3v) is 3.08. The minimum Gasteiger partial charge on any atom is -0.456 e. The molecule has 2 aliphatic rings. The zero-order valence-electron chi connectivity index (χ0n) is 9.43. The van der Waals surface area contributed by atoms with Gasteiger partial charge in [0, 0.05) is 13.1 Å². The number of carbonyl (C=O) groups excluding carboxylic acids is 1. The summed E-state index contributed by atoms with van der Waals surface area (Å²) in [6.07, 6.45) is 3.88. The molecule has 0 N–H and O–H groups in total. The molecule has 2 aliphatic heterocycles. The van der Waals surface area contributed by atoms with Crippen LogP contribution in [0.5, 0.6) is 0 Å². The summed E-state index contributed by atoms with van der Waals surface area (Å²) in [5.74, 6) is -0.200. The second-order valence-electron chi connectivity index (χ2n) is 4.20. The molecule has 1 aromatic carbocycles. The van der Waals surface area contributed by atoms with Crippen molar-refractivity contribution in [2.75, 3.05) is 13.2 Å². The Balaban J connectivity index is 1.84. The van der Waals surface area contributed by atoms with E-state index >= 15 is 0 Å². The summed E-state index contributed by atoms with van der Waals surface area (Å²) in [6, 6.07) is 10.3. The predicted molar refractivity (Wildman–Crippen MR) is 64.0 cm³/mol. The fraction of sp³-hybridized carbons (Fsp3) is 0.214. The highest BCUT2D eigenvalue weighted by atomic mass is 16.5. The van der Waals surface area contributed by atoms with E-state index in [0.29, 0.717) is 12.2 Å². The molecule has 0 saturated carbocycles. The normalized spacial score (nSPS) is 18.4. The Morgan fingerprint density at radius 2 is 2.06 bits per heavy atom. The molecule has 3 nitrogen and oxygen atoms in total. The van der Waals surface area contributed by atoms with Gasteiger partial charge < -0.3 is 9.64 Å². The van der Waals surface area contributed by atoms with E-state index in [9.17, 15) is 4.79 Å². The molecule has 0 fully saturated rings. The first kappa shape index (κ1) is 10.1. The zero-order valence-corrected chi connectivity index (χ0v) is 9.43. The van der Waals surface area contributed by atoms with E-state index in [1.165, 1.54) is 5.56 Å². The van der Waals surface area contributed by atoms with Crippen LogP contribution in [0.4, 0.5) is 0 Å². The molecule has 17 heavy (non-hydrogen) atoms. The number of benzene rings is 1. The average Bonchev–Trinajstić information content (AvgIpc) is 2.74. The van der Waals surface area contributed by atoms with Gasteiger partial charge in [0.1, 0.15) is 6.61 Å². The Morgan fingerprint density at radius 3 is 2.88 bits per heavy atom. The predicted octanol–water partition coefficient (Wildman–Crippen LogP) is 1.87. The van der Waals surface area contributed by atoms with Gasteiger partial charge in [0.05, 0.1) is 11.3 Å². The van der Waals surface area contributed by atoms with Crippen LogP contribution >= 0.6 is 0 Å². The van der Waals surface area contributed by atoms with E-state index in [-0.39, 0.29) is 5.97 Å². The first-order valence-electron chi connectivity index (χ1n) is 5.70. The second kappa shape index (κ2) is 4.09. The lowest BCUT2D eigenvalue weighted by Crippen LogP contribution is -2.26. The van der Waals surface area contributed by atoms with Crippen LogP contribution in [0.1, 0.15) is 5.56 Å². The van der Waals surface area contributed by atoms with Gasteiger partial charge >= 0.3 is 5.97 Å². The summed E-state index contributed by atoms with van der Waals surface area (Å²) in [5, 5.41) is 0. The molecular formula is C14H13NO2. The van der Waals surface area contributed by atoms with Gasteiger partial charge in [-0.25, -0.2) is 4.79 Å². The summed E-state index contributed by atoms with van der Waals surface area (Å²) in [5.41, 5.74) is 2.97. The van der Waals surface area contributed by atoms with Crippen LogP contribution in [0.25, 0.3) is 0 Å². The Bertz CT molecular complexity index is 502. The number of cyclic esters (lactones) is 1. The van der Waals surface area contributed by atoms with Crippen molar-refractivity contribution in [1.29, 1.82) is 0 Å². The standard InChI is InChI=1S/C14H13NO2/c16-14-12-7-4-8-15(13(12)10-17-14)9-11-5-2-1-3-6-11/h1-7H,8-10H2. The number of esters is 1. The summed E-state index contributed by atoms with van der Waals surface area (Å²) in [6.45, 7) is 2.07. The van der Waals surface area contributed by atoms with Crippen molar-refractivity contribution in [3.05, 3.63) is 59.3 Å². The number of hydrogen-bond acceptors (Lipinski definition) is 3. The molecule has 0 spiro atoms. The minimum absolute atomic E-state index is 0.200. The van der Waals surface area contributed by atoms with Gasteiger partial charge in [0.2, 0.25) is 0 Å². The largest absolute Gasteiger partial charge is 0.456 e. The quantitative estimate of drug-likeness (QED) is 0.722. The molecule has 0 saturated heterocycles. The highest BCUT2D eigenvalue weighted by Crippen LogP contribution is 2.25. The molecule has 3 rings (SSSR count). The molecule has 86 valence electrons. The third-order valence-electron chi connectivity index (χ3n) is 3.08. The maximum Gasteiger partial charge on any atom is 0.340 e. The van der Waals surface area contributed by atoms with Crippen LogP contribution in [0.15, 0.2) is 53.8 Å². The second-order valence-corrected chi connectivity index (χ2v) is 4.20. The molecule has 2 heterocycles. The summed E-state index contributed by atoms with van der Waals surface area (Å²) >= 11 is 0. The number of hydrogen-bond donors (Lipinski definition) is 0. The lowest BCUT2D eigenvalue weighted by Gasteiger charge is -2.26. The van der Waals surface area contributed by atoms with Crippen LogP contribution in [0.2, 0.25) is 0 Å². The van der Waals surface area contributed by atoms with Crippen LogP contribution < -0.4 is 0 Å². The van der Waals surface area contributed by atoms with Gasteiger partial charge in [0.15, 0.2) is 0 Å². The third kappa shape index (κ3) is 1.84. The van der Waals surface area contributed by atoms with Crippen molar-refractivity contribution in [2.24, 2.45) is 0 Å². The van der Waals surface area contributed by atoms with Crippen molar-refractivity contribution < 1.29 is 9.53 Å².